The van der Waals surface area contributed by atoms with E-state index in [0.717, 1.165) is 71.0 Å². The molecule has 0 aromatic rings. The van der Waals surface area contributed by atoms with E-state index in [-0.39, 0.29) is 0 Å². The maximum Gasteiger partial charge on any atom is 0.0258 e. The lowest BCUT2D eigenvalue weighted by molar-refractivity contribution is 0.226. The maximum atomic E-state index is 4.62. The number of hydrogen-bond acceptors (Lipinski definition) is 6. The predicted molar refractivity (Wildman–Crippen MR) is 230 cm³/mol. The average Bonchev–Trinajstić information content (AvgIpc) is 4.03. The van der Waals surface area contributed by atoms with Crippen molar-refractivity contribution in [2.45, 2.75) is 233 Å². The van der Waals surface area contributed by atoms with Crippen molar-refractivity contribution in [2.75, 3.05) is 0 Å². The highest BCUT2D eigenvalue weighted by atomic mass is 15.2. The molecule has 54 heavy (non-hydrogen) atoms. The van der Waals surface area contributed by atoms with Crippen LogP contribution < -0.4 is 31.9 Å². The summed E-state index contributed by atoms with van der Waals surface area (Å²) in [5, 5.41) is 27.7. The lowest BCUT2D eigenvalue weighted by atomic mass is 9.71. The van der Waals surface area contributed by atoms with Gasteiger partial charge in [0, 0.05) is 72.5 Å². The van der Waals surface area contributed by atoms with Crippen molar-refractivity contribution in [1.29, 1.82) is 0 Å². The molecule has 0 amide bonds. The van der Waals surface area contributed by atoms with Gasteiger partial charge in [0.25, 0.3) is 0 Å². The van der Waals surface area contributed by atoms with Gasteiger partial charge in [0.2, 0.25) is 0 Å². The van der Waals surface area contributed by atoms with Crippen molar-refractivity contribution < 1.29 is 0 Å². The van der Waals surface area contributed by atoms with Crippen LogP contribution in [0.2, 0.25) is 0 Å². The minimum atomic E-state index is 0.555. The van der Waals surface area contributed by atoms with Crippen LogP contribution in [-0.2, 0) is 0 Å². The summed E-state index contributed by atoms with van der Waals surface area (Å²) in [6.45, 7) is 30.3. The summed E-state index contributed by atoms with van der Waals surface area (Å²) in [5.41, 5.74) is 0. The molecule has 24 unspecified atom stereocenters. The minimum absolute atomic E-state index is 0.555. The molecule has 0 aliphatic carbocycles. The highest BCUT2D eigenvalue weighted by molar-refractivity contribution is 5.21. The van der Waals surface area contributed by atoms with Gasteiger partial charge < -0.3 is 31.9 Å². The summed E-state index contributed by atoms with van der Waals surface area (Å²) in [4.78, 5) is 0. The number of fused-ring (bicyclic) bond motifs is 18. The van der Waals surface area contributed by atoms with Crippen LogP contribution in [0.25, 0.3) is 0 Å². The SMILES string of the molecule is CCC1C(CC)C2NC1C1NC(C(CC)C1CC)C1NC(C(CC)C1CC)C1NC(C(CC)C1CC)C1NC(C(CC)C1CC)C1NC2C(CC)C1CC. The van der Waals surface area contributed by atoms with Gasteiger partial charge >= 0.3 is 0 Å². The lowest BCUT2D eigenvalue weighted by Crippen LogP contribution is -2.59. The molecule has 7 rings (SSSR count). The molecule has 7 aliphatic heterocycles. The maximum absolute atomic E-state index is 4.62. The monoisotopic (exact) mass is 751 g/mol. The first-order valence-electron chi connectivity index (χ1n) is 24.8. The summed E-state index contributed by atoms with van der Waals surface area (Å²) in [6, 6.07) is 6.66. The third-order valence-corrected chi connectivity index (χ3v) is 19.1. The van der Waals surface area contributed by atoms with Crippen LogP contribution in [0, 0.1) is 71.0 Å². The van der Waals surface area contributed by atoms with E-state index in [4.69, 9.17) is 0 Å². The van der Waals surface area contributed by atoms with Crippen LogP contribution in [0.3, 0.4) is 0 Å². The van der Waals surface area contributed by atoms with Crippen LogP contribution in [0.1, 0.15) is 160 Å². The van der Waals surface area contributed by atoms with Gasteiger partial charge in [-0.1, -0.05) is 160 Å². The van der Waals surface area contributed by atoms with Crippen LogP contribution >= 0.6 is 0 Å². The van der Waals surface area contributed by atoms with Gasteiger partial charge in [0.1, 0.15) is 0 Å². The Morgan fingerprint density at radius 2 is 0.241 bits per heavy atom. The van der Waals surface area contributed by atoms with E-state index in [1.54, 1.807) is 0 Å². The topological polar surface area (TPSA) is 72.2 Å². The Morgan fingerprint density at radius 3 is 0.296 bits per heavy atom. The first-order valence-corrected chi connectivity index (χ1v) is 24.8. The number of nitrogens with one attached hydrogen (secondary N) is 6. The van der Waals surface area contributed by atoms with Gasteiger partial charge in [-0.3, -0.25) is 0 Å². The molecule has 7 heterocycles. The quantitative estimate of drug-likeness (QED) is 0.113. The largest absolute Gasteiger partial charge is 0.308 e. The molecule has 0 aromatic heterocycles. The van der Waals surface area contributed by atoms with E-state index in [2.05, 4.69) is 115 Å². The Labute approximate surface area is 334 Å². The Kier molecular flexibility index (Phi) is 13.6. The molecular weight excluding hydrogens is 661 g/mol. The van der Waals surface area contributed by atoms with Gasteiger partial charge in [-0.05, 0) is 71.0 Å². The highest BCUT2D eigenvalue weighted by Gasteiger charge is 2.62. The molecule has 12 bridgehead atoms. The van der Waals surface area contributed by atoms with Crippen LogP contribution in [-0.4, -0.2) is 72.5 Å². The van der Waals surface area contributed by atoms with Crippen molar-refractivity contribution in [3.8, 4) is 0 Å². The van der Waals surface area contributed by atoms with E-state index >= 15 is 0 Å². The lowest BCUT2D eigenvalue weighted by Gasteiger charge is -2.33. The molecule has 0 radical (unpaired) electrons. The molecule has 7 saturated heterocycles. The summed E-state index contributed by atoms with van der Waals surface area (Å²) in [6.07, 6.45) is 15.5. The fourth-order valence-corrected chi connectivity index (χ4v) is 17.1. The Balaban J connectivity index is 1.38. The second-order valence-corrected chi connectivity index (χ2v) is 20.2. The molecule has 0 spiro atoms. The summed E-state index contributed by atoms with van der Waals surface area (Å²) in [5.74, 6) is 8.79. The third kappa shape index (κ3) is 6.45. The molecule has 6 N–H and O–H groups in total. The minimum Gasteiger partial charge on any atom is -0.308 e. The molecule has 6 nitrogen and oxygen atoms in total. The van der Waals surface area contributed by atoms with Crippen LogP contribution in [0.4, 0.5) is 0 Å². The zero-order chi connectivity index (χ0) is 38.6. The van der Waals surface area contributed by atoms with Gasteiger partial charge in [0.15, 0.2) is 0 Å². The van der Waals surface area contributed by atoms with E-state index in [9.17, 15) is 0 Å². The van der Waals surface area contributed by atoms with Crippen molar-refractivity contribution >= 4 is 0 Å². The molecule has 6 heteroatoms. The number of hydrogen-bond donors (Lipinski definition) is 6. The second-order valence-electron chi connectivity index (χ2n) is 20.2. The van der Waals surface area contributed by atoms with Gasteiger partial charge in [0.05, 0.1) is 0 Å². The summed E-state index contributed by atoms with van der Waals surface area (Å²) < 4.78 is 0. The predicted octanol–water partition coefficient (Wildman–Crippen LogP) is 8.36. The zero-order valence-corrected chi connectivity index (χ0v) is 37.3. The van der Waals surface area contributed by atoms with E-state index in [1.165, 1.54) is 77.0 Å². The van der Waals surface area contributed by atoms with Gasteiger partial charge in [-0.25, -0.2) is 0 Å². The van der Waals surface area contributed by atoms with E-state index in [1.807, 2.05) is 0 Å². The molecule has 0 saturated carbocycles. The molecule has 24 atom stereocenters. The first-order chi connectivity index (χ1) is 26.3. The van der Waals surface area contributed by atoms with E-state index < -0.39 is 0 Å². The fourth-order valence-electron chi connectivity index (χ4n) is 17.1. The molecular formula is C48H90N6. The molecule has 0 aromatic carbocycles. The summed E-state index contributed by atoms with van der Waals surface area (Å²) >= 11 is 0. The zero-order valence-electron chi connectivity index (χ0n) is 37.3. The summed E-state index contributed by atoms with van der Waals surface area (Å²) in [7, 11) is 0. The van der Waals surface area contributed by atoms with E-state index in [0.29, 0.717) is 72.5 Å². The Hall–Kier alpha value is -0.240. The average molecular weight is 751 g/mol. The third-order valence-electron chi connectivity index (χ3n) is 19.1. The number of rotatable bonds is 12. The van der Waals surface area contributed by atoms with Crippen molar-refractivity contribution in [3.05, 3.63) is 0 Å². The van der Waals surface area contributed by atoms with Crippen molar-refractivity contribution in [3.63, 3.8) is 0 Å². The van der Waals surface area contributed by atoms with Crippen molar-refractivity contribution in [1.82, 2.24) is 31.9 Å². The van der Waals surface area contributed by atoms with Crippen LogP contribution in [0.5, 0.6) is 0 Å². The standard InChI is InChI=1S/C48H90N6/c1-13-25-26(14-2)38-40-29(17-5)30(18-6)43(51-40)44-33(21-9)34(22-10)47(53-44)48-36(24-12)35(23-11)46(54-48)45-32(20-8)31(19-7)42(52-45)41-28(16-4)27(15-3)39(50-41)37(25)49-38/h25-54H,13-24H2,1-12H3. The Morgan fingerprint density at radius 1 is 0.167 bits per heavy atom. The smallest absolute Gasteiger partial charge is 0.0258 e. The van der Waals surface area contributed by atoms with Crippen molar-refractivity contribution in [2.24, 2.45) is 71.0 Å². The van der Waals surface area contributed by atoms with Gasteiger partial charge in [-0.2, -0.15) is 0 Å². The highest BCUT2D eigenvalue weighted by Crippen LogP contribution is 2.52. The fraction of sp³-hybridized carbons (Fsp3) is 1.00. The molecule has 7 fully saturated rings. The van der Waals surface area contributed by atoms with Crippen LogP contribution in [0.15, 0.2) is 0 Å². The second kappa shape index (κ2) is 17.5. The normalized spacial score (nSPS) is 54.0. The Bertz CT molecular complexity index is 879. The van der Waals surface area contributed by atoms with Gasteiger partial charge in [-0.15, -0.1) is 0 Å². The molecule has 7 aliphatic rings. The molecule has 312 valence electrons. The first kappa shape index (κ1) is 41.9.